The number of carbonyl (C=O) groups excluding carboxylic acids is 1. The molecule has 3 aromatic rings. The molecule has 2 heterocycles. The number of esters is 1. The maximum absolute atomic E-state index is 12.3. The lowest BCUT2D eigenvalue weighted by Gasteiger charge is -2.07. The number of imidazole rings is 1. The third-order valence-corrected chi connectivity index (χ3v) is 4.18. The molecule has 1 aromatic carbocycles. The zero-order valence-corrected chi connectivity index (χ0v) is 15.2. The molecule has 0 aliphatic carbocycles. The Morgan fingerprint density at radius 3 is 2.50 bits per heavy atom. The van der Waals surface area contributed by atoms with Gasteiger partial charge in [-0.05, 0) is 51.0 Å². The first-order valence-electron chi connectivity index (χ1n) is 8.36. The van der Waals surface area contributed by atoms with Crippen LogP contribution in [0.2, 0.25) is 0 Å². The molecule has 0 atom stereocenters. The molecule has 3 rings (SSSR count). The molecule has 8 heteroatoms. The SMILES string of the molecule is CCOC(=O)Cc1c(C)nc(Nc2nc3cc(C)c(C)cc3[nH]2)[nH]c1=O. The summed E-state index contributed by atoms with van der Waals surface area (Å²) in [5.74, 6) is 0.282. The van der Waals surface area contributed by atoms with Crippen molar-refractivity contribution in [1.82, 2.24) is 19.9 Å². The van der Waals surface area contributed by atoms with E-state index in [1.165, 1.54) is 5.56 Å². The van der Waals surface area contributed by atoms with Crippen LogP contribution in [-0.4, -0.2) is 32.5 Å². The Labute approximate surface area is 150 Å². The summed E-state index contributed by atoms with van der Waals surface area (Å²) < 4.78 is 4.88. The Morgan fingerprint density at radius 1 is 1.12 bits per heavy atom. The van der Waals surface area contributed by atoms with E-state index in [2.05, 4.69) is 25.3 Å². The van der Waals surface area contributed by atoms with Gasteiger partial charge in [0.1, 0.15) is 0 Å². The normalized spacial score (nSPS) is 10.9. The largest absolute Gasteiger partial charge is 0.466 e. The Hall–Kier alpha value is -3.16. The molecule has 0 aliphatic heterocycles. The van der Waals surface area contributed by atoms with Crippen LogP contribution in [0.4, 0.5) is 11.9 Å². The summed E-state index contributed by atoms with van der Waals surface area (Å²) in [6.07, 6.45) is -0.106. The first kappa shape index (κ1) is 17.7. The highest BCUT2D eigenvalue weighted by Gasteiger charge is 2.14. The van der Waals surface area contributed by atoms with Crippen molar-refractivity contribution in [3.8, 4) is 0 Å². The van der Waals surface area contributed by atoms with E-state index in [4.69, 9.17) is 4.74 Å². The summed E-state index contributed by atoms with van der Waals surface area (Å²) >= 11 is 0. The zero-order valence-electron chi connectivity index (χ0n) is 15.2. The number of fused-ring (bicyclic) bond motifs is 1. The highest BCUT2D eigenvalue weighted by molar-refractivity contribution is 5.79. The molecule has 0 radical (unpaired) electrons. The number of rotatable bonds is 5. The van der Waals surface area contributed by atoms with Gasteiger partial charge in [0.25, 0.3) is 5.56 Å². The minimum atomic E-state index is -0.452. The average molecular weight is 355 g/mol. The number of aryl methyl sites for hydroxylation is 3. The van der Waals surface area contributed by atoms with Crippen LogP contribution in [0.1, 0.15) is 29.3 Å². The van der Waals surface area contributed by atoms with Crippen molar-refractivity contribution in [2.24, 2.45) is 0 Å². The fourth-order valence-electron chi connectivity index (χ4n) is 2.68. The van der Waals surface area contributed by atoms with Crippen LogP contribution in [-0.2, 0) is 16.0 Å². The van der Waals surface area contributed by atoms with Crippen LogP contribution >= 0.6 is 0 Å². The number of aromatic nitrogens is 4. The molecule has 2 aromatic heterocycles. The van der Waals surface area contributed by atoms with Crippen LogP contribution in [0, 0.1) is 20.8 Å². The number of ether oxygens (including phenoxy) is 1. The summed E-state index contributed by atoms with van der Waals surface area (Å²) in [7, 11) is 0. The Bertz CT molecular complexity index is 996. The Morgan fingerprint density at radius 2 is 1.81 bits per heavy atom. The predicted octanol–water partition coefficient (Wildman–Crippen LogP) is 2.42. The van der Waals surface area contributed by atoms with Crippen molar-refractivity contribution in [3.05, 3.63) is 44.9 Å². The molecule has 0 aliphatic rings. The molecule has 0 saturated heterocycles. The van der Waals surface area contributed by atoms with Gasteiger partial charge in [0, 0.05) is 5.56 Å². The first-order chi connectivity index (χ1) is 12.4. The lowest BCUT2D eigenvalue weighted by molar-refractivity contribution is -0.142. The molecular formula is C18H21N5O3. The Balaban J connectivity index is 1.86. The van der Waals surface area contributed by atoms with Crippen LogP contribution in [0.25, 0.3) is 11.0 Å². The minimum Gasteiger partial charge on any atom is -0.466 e. The molecule has 0 amide bonds. The molecule has 0 fully saturated rings. The van der Waals surface area contributed by atoms with Crippen LogP contribution < -0.4 is 10.9 Å². The van der Waals surface area contributed by atoms with Gasteiger partial charge < -0.3 is 9.72 Å². The van der Waals surface area contributed by atoms with E-state index in [0.29, 0.717) is 17.2 Å². The Kier molecular flexibility index (Phi) is 4.75. The van der Waals surface area contributed by atoms with E-state index >= 15 is 0 Å². The maximum atomic E-state index is 12.3. The van der Waals surface area contributed by atoms with Crippen LogP contribution in [0.15, 0.2) is 16.9 Å². The summed E-state index contributed by atoms with van der Waals surface area (Å²) in [5, 5.41) is 2.97. The molecular weight excluding hydrogens is 334 g/mol. The van der Waals surface area contributed by atoms with E-state index < -0.39 is 5.97 Å². The lowest BCUT2D eigenvalue weighted by atomic mass is 10.1. The van der Waals surface area contributed by atoms with Crippen molar-refractivity contribution in [2.45, 2.75) is 34.1 Å². The van der Waals surface area contributed by atoms with E-state index in [9.17, 15) is 9.59 Å². The van der Waals surface area contributed by atoms with Gasteiger partial charge in [0.05, 0.1) is 29.8 Å². The summed E-state index contributed by atoms with van der Waals surface area (Å²) in [4.78, 5) is 38.5. The van der Waals surface area contributed by atoms with Gasteiger partial charge in [0.2, 0.25) is 11.9 Å². The number of carbonyl (C=O) groups is 1. The molecule has 8 nitrogen and oxygen atoms in total. The summed E-state index contributed by atoms with van der Waals surface area (Å²) in [6, 6.07) is 4.02. The molecule has 136 valence electrons. The number of aromatic amines is 2. The van der Waals surface area contributed by atoms with Crippen molar-refractivity contribution < 1.29 is 9.53 Å². The second-order valence-corrected chi connectivity index (χ2v) is 6.12. The van der Waals surface area contributed by atoms with Crippen molar-refractivity contribution in [3.63, 3.8) is 0 Å². The number of nitrogens with one attached hydrogen (secondary N) is 3. The predicted molar refractivity (Wildman–Crippen MR) is 98.8 cm³/mol. The van der Waals surface area contributed by atoms with Crippen LogP contribution in [0.5, 0.6) is 0 Å². The third kappa shape index (κ3) is 3.58. The molecule has 0 unspecified atom stereocenters. The fraction of sp³-hybridized carbons (Fsp3) is 0.333. The molecule has 3 N–H and O–H groups in total. The topological polar surface area (TPSA) is 113 Å². The second-order valence-electron chi connectivity index (χ2n) is 6.12. The number of nitrogens with zero attached hydrogens (tertiary/aromatic N) is 2. The monoisotopic (exact) mass is 355 g/mol. The van der Waals surface area contributed by atoms with Crippen molar-refractivity contribution >= 4 is 28.9 Å². The number of hydrogen-bond donors (Lipinski definition) is 3. The second kappa shape index (κ2) is 6.99. The van der Waals surface area contributed by atoms with E-state index in [-0.39, 0.29) is 24.5 Å². The number of hydrogen-bond acceptors (Lipinski definition) is 6. The van der Waals surface area contributed by atoms with Crippen LogP contribution in [0.3, 0.4) is 0 Å². The minimum absolute atomic E-state index is 0.106. The van der Waals surface area contributed by atoms with Gasteiger partial charge >= 0.3 is 5.97 Å². The highest BCUT2D eigenvalue weighted by atomic mass is 16.5. The van der Waals surface area contributed by atoms with Gasteiger partial charge in [-0.15, -0.1) is 0 Å². The van der Waals surface area contributed by atoms with E-state index in [1.54, 1.807) is 13.8 Å². The average Bonchev–Trinajstić information content (AvgIpc) is 2.92. The lowest BCUT2D eigenvalue weighted by Crippen LogP contribution is -2.22. The summed E-state index contributed by atoms with van der Waals surface area (Å²) in [6.45, 7) is 7.74. The highest BCUT2D eigenvalue weighted by Crippen LogP contribution is 2.20. The van der Waals surface area contributed by atoms with Crippen molar-refractivity contribution in [2.75, 3.05) is 11.9 Å². The number of anilines is 2. The first-order valence-corrected chi connectivity index (χ1v) is 8.36. The fourth-order valence-corrected chi connectivity index (χ4v) is 2.68. The maximum Gasteiger partial charge on any atom is 0.310 e. The molecule has 26 heavy (non-hydrogen) atoms. The quantitative estimate of drug-likeness (QED) is 0.606. The number of H-pyrrole nitrogens is 2. The van der Waals surface area contributed by atoms with Crippen molar-refractivity contribution in [1.29, 1.82) is 0 Å². The van der Waals surface area contributed by atoms with Gasteiger partial charge in [-0.25, -0.2) is 9.97 Å². The smallest absolute Gasteiger partial charge is 0.310 e. The standard InChI is InChI=1S/C18H21N5O3/c1-5-26-15(24)8-12-11(4)19-17(22-16(12)25)23-18-20-13-6-9(2)10(3)7-14(13)21-18/h6-7H,5,8H2,1-4H3,(H3,19,20,21,22,23,25). The van der Waals surface area contributed by atoms with Gasteiger partial charge in [0.15, 0.2) is 0 Å². The molecule has 0 saturated carbocycles. The van der Waals surface area contributed by atoms with Gasteiger partial charge in [-0.1, -0.05) is 0 Å². The summed E-state index contributed by atoms with van der Waals surface area (Å²) in [5.41, 5.74) is 4.43. The third-order valence-electron chi connectivity index (χ3n) is 4.18. The van der Waals surface area contributed by atoms with E-state index in [1.807, 2.05) is 26.0 Å². The van der Waals surface area contributed by atoms with Gasteiger partial charge in [-0.3, -0.25) is 19.9 Å². The zero-order chi connectivity index (χ0) is 18.8. The molecule has 0 spiro atoms. The molecule has 0 bridgehead atoms. The van der Waals surface area contributed by atoms with E-state index in [0.717, 1.165) is 16.6 Å². The number of benzene rings is 1. The van der Waals surface area contributed by atoms with Gasteiger partial charge in [-0.2, -0.15) is 0 Å².